The van der Waals surface area contributed by atoms with Gasteiger partial charge in [-0.2, -0.15) is 10.2 Å². The Bertz CT molecular complexity index is 1180. The zero-order valence-electron chi connectivity index (χ0n) is 16.7. The van der Waals surface area contributed by atoms with E-state index in [0.717, 1.165) is 33.3 Å². The molecule has 0 bridgehead atoms. The van der Waals surface area contributed by atoms with E-state index in [-0.39, 0.29) is 11.9 Å². The number of fused-ring (bicyclic) bond motifs is 1. The highest BCUT2D eigenvalue weighted by atomic mass is 19.1. The summed E-state index contributed by atoms with van der Waals surface area (Å²) in [5.41, 5.74) is 5.50. The molecule has 1 atom stereocenters. The Morgan fingerprint density at radius 2 is 2.07 bits per heavy atom. The van der Waals surface area contributed by atoms with Crippen molar-refractivity contribution in [3.05, 3.63) is 53.7 Å². The lowest BCUT2D eigenvalue weighted by Crippen LogP contribution is -2.13. The third-order valence-corrected chi connectivity index (χ3v) is 5.74. The Morgan fingerprint density at radius 1 is 1.24 bits per heavy atom. The van der Waals surface area contributed by atoms with Crippen molar-refractivity contribution < 1.29 is 4.39 Å². The van der Waals surface area contributed by atoms with Gasteiger partial charge in [-0.25, -0.2) is 4.39 Å². The van der Waals surface area contributed by atoms with Crippen LogP contribution in [0.25, 0.3) is 33.4 Å². The predicted octanol–water partition coefficient (Wildman–Crippen LogP) is 4.55. The van der Waals surface area contributed by atoms with Gasteiger partial charge >= 0.3 is 0 Å². The molecule has 7 heteroatoms. The zero-order valence-corrected chi connectivity index (χ0v) is 16.7. The Labute approximate surface area is 168 Å². The minimum atomic E-state index is -0.263. The van der Waals surface area contributed by atoms with Gasteiger partial charge in [0, 0.05) is 28.8 Å². The van der Waals surface area contributed by atoms with E-state index in [1.54, 1.807) is 12.3 Å². The Hall–Kier alpha value is -3.06. The van der Waals surface area contributed by atoms with Gasteiger partial charge in [0.15, 0.2) is 0 Å². The Balaban J connectivity index is 1.59. The summed E-state index contributed by atoms with van der Waals surface area (Å²) in [5.74, 6) is -0.263. The molecule has 1 saturated carbocycles. The first-order valence-electron chi connectivity index (χ1n) is 9.91. The lowest BCUT2D eigenvalue weighted by Gasteiger charge is -2.15. The molecule has 6 nitrogen and oxygen atoms in total. The molecule has 0 radical (unpaired) electrons. The molecule has 5 rings (SSSR count). The molecule has 0 spiro atoms. The van der Waals surface area contributed by atoms with E-state index in [1.165, 1.54) is 12.8 Å². The van der Waals surface area contributed by atoms with E-state index in [0.29, 0.717) is 17.3 Å². The summed E-state index contributed by atoms with van der Waals surface area (Å²) in [6.07, 6.45) is 7.95. The summed E-state index contributed by atoms with van der Waals surface area (Å²) in [6, 6.07) is 6.11. The van der Waals surface area contributed by atoms with Crippen LogP contribution < -0.4 is 5.32 Å². The summed E-state index contributed by atoms with van der Waals surface area (Å²) < 4.78 is 17.0. The van der Waals surface area contributed by atoms with Crippen molar-refractivity contribution in [2.45, 2.75) is 38.8 Å². The Morgan fingerprint density at radius 3 is 2.79 bits per heavy atom. The van der Waals surface area contributed by atoms with Crippen molar-refractivity contribution >= 4 is 10.9 Å². The monoisotopic (exact) mass is 390 g/mol. The van der Waals surface area contributed by atoms with Gasteiger partial charge in [-0.3, -0.25) is 14.8 Å². The number of nitrogens with one attached hydrogen (secondary N) is 2. The third kappa shape index (κ3) is 3.11. The molecule has 1 aliphatic carbocycles. The number of aryl methyl sites for hydroxylation is 1. The van der Waals surface area contributed by atoms with Gasteiger partial charge in [0.2, 0.25) is 0 Å². The summed E-state index contributed by atoms with van der Waals surface area (Å²) in [4.78, 5) is 4.50. The molecular formula is C22H23FN6. The van der Waals surface area contributed by atoms with Crippen LogP contribution >= 0.6 is 0 Å². The fourth-order valence-corrected chi connectivity index (χ4v) is 3.78. The number of nitrogens with zero attached hydrogens (tertiary/aromatic N) is 4. The van der Waals surface area contributed by atoms with Crippen molar-refractivity contribution in [1.29, 1.82) is 0 Å². The molecule has 0 aliphatic heterocycles. The first kappa shape index (κ1) is 18.0. The largest absolute Gasteiger partial charge is 0.313 e. The van der Waals surface area contributed by atoms with Crippen LogP contribution in [0.2, 0.25) is 0 Å². The highest BCUT2D eigenvalue weighted by Gasteiger charge is 2.25. The van der Waals surface area contributed by atoms with Gasteiger partial charge in [-0.05, 0) is 57.0 Å². The van der Waals surface area contributed by atoms with Gasteiger partial charge in [0.1, 0.15) is 11.5 Å². The first-order chi connectivity index (χ1) is 14.0. The van der Waals surface area contributed by atoms with Crippen LogP contribution in [-0.2, 0) is 0 Å². The number of aromatic nitrogens is 5. The average molecular weight is 390 g/mol. The predicted molar refractivity (Wildman–Crippen MR) is 111 cm³/mol. The molecule has 1 unspecified atom stereocenters. The normalized spacial score (nSPS) is 15.2. The second kappa shape index (κ2) is 6.77. The smallest absolute Gasteiger partial charge is 0.133 e. The fourth-order valence-electron chi connectivity index (χ4n) is 3.78. The van der Waals surface area contributed by atoms with Gasteiger partial charge in [0.05, 0.1) is 29.6 Å². The van der Waals surface area contributed by atoms with E-state index >= 15 is 4.39 Å². The molecular weight excluding hydrogens is 367 g/mol. The van der Waals surface area contributed by atoms with Crippen LogP contribution in [0, 0.1) is 12.7 Å². The van der Waals surface area contributed by atoms with E-state index in [4.69, 9.17) is 0 Å². The highest BCUT2D eigenvalue weighted by molar-refractivity contribution is 5.94. The lowest BCUT2D eigenvalue weighted by atomic mass is 9.97. The maximum atomic E-state index is 15.0. The van der Waals surface area contributed by atoms with E-state index in [9.17, 15) is 0 Å². The highest BCUT2D eigenvalue weighted by Crippen LogP contribution is 2.36. The number of rotatable bonds is 5. The quantitative estimate of drug-likeness (QED) is 0.524. The molecule has 1 fully saturated rings. The van der Waals surface area contributed by atoms with Gasteiger partial charge in [-0.1, -0.05) is 6.07 Å². The van der Waals surface area contributed by atoms with Crippen molar-refractivity contribution in [1.82, 2.24) is 30.3 Å². The van der Waals surface area contributed by atoms with Crippen LogP contribution in [0.15, 0.2) is 36.8 Å². The average Bonchev–Trinajstić information content (AvgIpc) is 3.30. The molecule has 3 heterocycles. The summed E-state index contributed by atoms with van der Waals surface area (Å²) >= 11 is 0. The van der Waals surface area contributed by atoms with Gasteiger partial charge in [-0.15, -0.1) is 0 Å². The molecule has 1 aromatic carbocycles. The van der Waals surface area contributed by atoms with Crippen LogP contribution in [0.3, 0.4) is 0 Å². The molecule has 3 aromatic heterocycles. The van der Waals surface area contributed by atoms with Gasteiger partial charge < -0.3 is 5.32 Å². The number of pyridine rings is 1. The molecule has 2 N–H and O–H groups in total. The number of aromatic amines is 1. The molecule has 0 saturated heterocycles. The topological polar surface area (TPSA) is 71.4 Å². The number of benzene rings is 1. The van der Waals surface area contributed by atoms with Crippen LogP contribution in [0.5, 0.6) is 0 Å². The van der Waals surface area contributed by atoms with E-state index in [1.807, 2.05) is 50.1 Å². The molecule has 0 amide bonds. The number of hydrogen-bond acceptors (Lipinski definition) is 4. The van der Waals surface area contributed by atoms with Crippen molar-refractivity contribution in [2.24, 2.45) is 0 Å². The zero-order chi connectivity index (χ0) is 20.1. The number of H-pyrrole nitrogens is 1. The summed E-state index contributed by atoms with van der Waals surface area (Å²) in [7, 11) is 1.87. The van der Waals surface area contributed by atoms with Crippen LogP contribution in [0.4, 0.5) is 4.39 Å². The molecule has 29 heavy (non-hydrogen) atoms. The SMILES string of the molecule is CNC(C)c1cc(C)c(-c2cc3c(-c4cnn(C5CC5)c4)n[nH]c3cn2)c(F)c1. The van der Waals surface area contributed by atoms with Crippen molar-refractivity contribution in [3.8, 4) is 22.5 Å². The first-order valence-corrected chi connectivity index (χ1v) is 9.91. The maximum Gasteiger partial charge on any atom is 0.133 e. The molecule has 1 aliphatic rings. The van der Waals surface area contributed by atoms with Crippen molar-refractivity contribution in [2.75, 3.05) is 7.05 Å². The second-order valence-corrected chi connectivity index (χ2v) is 7.83. The van der Waals surface area contributed by atoms with E-state index < -0.39 is 0 Å². The van der Waals surface area contributed by atoms with Gasteiger partial charge in [0.25, 0.3) is 0 Å². The van der Waals surface area contributed by atoms with Crippen LogP contribution in [-0.4, -0.2) is 32.0 Å². The Kier molecular flexibility index (Phi) is 4.20. The van der Waals surface area contributed by atoms with Crippen LogP contribution in [0.1, 0.15) is 43.0 Å². The molecule has 148 valence electrons. The lowest BCUT2D eigenvalue weighted by molar-refractivity contribution is 0.609. The minimum absolute atomic E-state index is 0.0798. The molecule has 4 aromatic rings. The fraction of sp³-hybridized carbons (Fsp3) is 0.318. The van der Waals surface area contributed by atoms with Crippen molar-refractivity contribution in [3.63, 3.8) is 0 Å². The minimum Gasteiger partial charge on any atom is -0.313 e. The maximum absolute atomic E-state index is 15.0. The van der Waals surface area contributed by atoms with E-state index in [2.05, 4.69) is 25.6 Å². The standard InChI is InChI=1S/C22H23FN6/c1-12-6-14(13(2)24-3)7-18(23)21(12)19-8-17-20(10-25-19)27-28-22(17)15-9-26-29(11-15)16-4-5-16/h6-11,13,16,24H,4-5H2,1-3H3,(H,27,28). The second-order valence-electron chi connectivity index (χ2n) is 7.83. The third-order valence-electron chi connectivity index (χ3n) is 5.74. The summed E-state index contributed by atoms with van der Waals surface area (Å²) in [6.45, 7) is 3.93. The number of hydrogen-bond donors (Lipinski definition) is 2. The summed E-state index contributed by atoms with van der Waals surface area (Å²) in [5, 5.41) is 16.0. The number of halogens is 1.